The SMILES string of the molecule is CCn1c(=O)[nH]c2cccc(C)c21. The molecule has 0 aliphatic rings. The van der Waals surface area contributed by atoms with Crippen LogP contribution < -0.4 is 5.69 Å². The molecule has 0 aliphatic heterocycles. The quantitative estimate of drug-likeness (QED) is 0.705. The molecular weight excluding hydrogens is 164 g/mol. The van der Waals surface area contributed by atoms with E-state index in [2.05, 4.69) is 4.98 Å². The van der Waals surface area contributed by atoms with Crippen molar-refractivity contribution in [1.82, 2.24) is 9.55 Å². The molecule has 0 spiro atoms. The first-order chi connectivity index (χ1) is 6.24. The number of hydrogen-bond acceptors (Lipinski definition) is 1. The maximum atomic E-state index is 11.4. The number of fused-ring (bicyclic) bond motifs is 1. The second-order valence-corrected chi connectivity index (χ2v) is 3.15. The van der Waals surface area contributed by atoms with Crippen LogP contribution in [0.2, 0.25) is 0 Å². The molecule has 0 saturated heterocycles. The molecule has 2 rings (SSSR count). The van der Waals surface area contributed by atoms with E-state index in [1.165, 1.54) is 0 Å². The van der Waals surface area contributed by atoms with E-state index in [0.717, 1.165) is 16.6 Å². The average Bonchev–Trinajstić information content (AvgIpc) is 2.42. The number of nitrogens with one attached hydrogen (secondary N) is 1. The van der Waals surface area contributed by atoms with Crippen LogP contribution in [0.15, 0.2) is 23.0 Å². The molecule has 2 aromatic rings. The highest BCUT2D eigenvalue weighted by Gasteiger charge is 2.05. The van der Waals surface area contributed by atoms with E-state index < -0.39 is 0 Å². The van der Waals surface area contributed by atoms with Gasteiger partial charge < -0.3 is 4.98 Å². The summed E-state index contributed by atoms with van der Waals surface area (Å²) in [5, 5.41) is 0. The summed E-state index contributed by atoms with van der Waals surface area (Å²) in [6.07, 6.45) is 0. The maximum Gasteiger partial charge on any atom is 0.326 e. The van der Waals surface area contributed by atoms with Crippen LogP contribution in [0.5, 0.6) is 0 Å². The summed E-state index contributed by atoms with van der Waals surface area (Å²) in [5.74, 6) is 0. The summed E-state index contributed by atoms with van der Waals surface area (Å²) in [6, 6.07) is 5.89. The van der Waals surface area contributed by atoms with Crippen molar-refractivity contribution >= 4 is 11.0 Å². The second-order valence-electron chi connectivity index (χ2n) is 3.15. The molecule has 1 aromatic heterocycles. The smallest absolute Gasteiger partial charge is 0.306 e. The lowest BCUT2D eigenvalue weighted by Gasteiger charge is -2.00. The topological polar surface area (TPSA) is 37.8 Å². The molecular formula is C10H12N2O. The third-order valence-corrected chi connectivity index (χ3v) is 2.31. The lowest BCUT2D eigenvalue weighted by atomic mass is 10.2. The van der Waals surface area contributed by atoms with E-state index in [-0.39, 0.29) is 5.69 Å². The number of benzene rings is 1. The minimum Gasteiger partial charge on any atom is -0.306 e. The van der Waals surface area contributed by atoms with Crippen molar-refractivity contribution < 1.29 is 0 Å². The van der Waals surface area contributed by atoms with Crippen LogP contribution in [0, 0.1) is 6.92 Å². The van der Waals surface area contributed by atoms with Gasteiger partial charge in [-0.25, -0.2) is 4.79 Å². The lowest BCUT2D eigenvalue weighted by Crippen LogP contribution is -2.15. The van der Waals surface area contributed by atoms with E-state index in [4.69, 9.17) is 0 Å². The fourth-order valence-electron chi connectivity index (χ4n) is 1.70. The molecule has 3 nitrogen and oxygen atoms in total. The summed E-state index contributed by atoms with van der Waals surface area (Å²) >= 11 is 0. The van der Waals surface area contributed by atoms with Gasteiger partial charge in [-0.15, -0.1) is 0 Å². The summed E-state index contributed by atoms with van der Waals surface area (Å²) in [6.45, 7) is 4.70. The molecule has 13 heavy (non-hydrogen) atoms. The highest BCUT2D eigenvalue weighted by atomic mass is 16.1. The molecule has 1 N–H and O–H groups in total. The fraction of sp³-hybridized carbons (Fsp3) is 0.300. The van der Waals surface area contributed by atoms with Gasteiger partial charge in [0.15, 0.2) is 0 Å². The number of nitrogens with zero attached hydrogens (tertiary/aromatic N) is 1. The van der Waals surface area contributed by atoms with Gasteiger partial charge in [0, 0.05) is 6.54 Å². The van der Waals surface area contributed by atoms with Crippen molar-refractivity contribution in [2.75, 3.05) is 0 Å². The summed E-state index contributed by atoms with van der Waals surface area (Å²) in [4.78, 5) is 14.3. The predicted octanol–water partition coefficient (Wildman–Crippen LogP) is 1.66. The van der Waals surface area contributed by atoms with Crippen LogP contribution in [-0.4, -0.2) is 9.55 Å². The molecule has 1 aromatic carbocycles. The van der Waals surface area contributed by atoms with Crippen LogP contribution in [0.4, 0.5) is 0 Å². The van der Waals surface area contributed by atoms with Gasteiger partial charge in [-0.2, -0.15) is 0 Å². The second kappa shape index (κ2) is 2.76. The van der Waals surface area contributed by atoms with Crippen molar-refractivity contribution in [3.05, 3.63) is 34.2 Å². The number of para-hydroxylation sites is 1. The van der Waals surface area contributed by atoms with E-state index in [1.54, 1.807) is 4.57 Å². The van der Waals surface area contributed by atoms with Crippen LogP contribution in [0.25, 0.3) is 11.0 Å². The van der Waals surface area contributed by atoms with Gasteiger partial charge in [-0.3, -0.25) is 4.57 Å². The minimum absolute atomic E-state index is 0.0215. The average molecular weight is 176 g/mol. The Bertz CT molecular complexity index is 493. The van der Waals surface area contributed by atoms with Gasteiger partial charge in [0.05, 0.1) is 11.0 Å². The third-order valence-electron chi connectivity index (χ3n) is 2.31. The molecule has 0 radical (unpaired) electrons. The van der Waals surface area contributed by atoms with Gasteiger partial charge in [0.1, 0.15) is 0 Å². The molecule has 0 atom stereocenters. The monoisotopic (exact) mass is 176 g/mol. The molecule has 1 heterocycles. The van der Waals surface area contributed by atoms with Gasteiger partial charge in [0.25, 0.3) is 0 Å². The van der Waals surface area contributed by atoms with Crippen molar-refractivity contribution in [3.8, 4) is 0 Å². The van der Waals surface area contributed by atoms with Crippen molar-refractivity contribution in [3.63, 3.8) is 0 Å². The Hall–Kier alpha value is -1.51. The minimum atomic E-state index is -0.0215. The zero-order valence-corrected chi connectivity index (χ0v) is 7.79. The van der Waals surface area contributed by atoms with Gasteiger partial charge >= 0.3 is 5.69 Å². The Labute approximate surface area is 76.0 Å². The number of H-pyrrole nitrogens is 1. The molecule has 0 bridgehead atoms. The van der Waals surface area contributed by atoms with Crippen LogP contribution in [0.1, 0.15) is 12.5 Å². The molecule has 0 amide bonds. The first kappa shape index (κ1) is 8.10. The zero-order chi connectivity index (χ0) is 9.42. The summed E-state index contributed by atoms with van der Waals surface area (Å²) < 4.78 is 1.75. The number of aromatic nitrogens is 2. The number of aryl methyl sites for hydroxylation is 2. The molecule has 0 unspecified atom stereocenters. The van der Waals surface area contributed by atoms with Crippen LogP contribution >= 0.6 is 0 Å². The predicted molar refractivity (Wildman–Crippen MR) is 53.0 cm³/mol. The highest BCUT2D eigenvalue weighted by molar-refractivity contribution is 5.78. The third kappa shape index (κ3) is 1.08. The Morgan fingerprint density at radius 2 is 2.23 bits per heavy atom. The van der Waals surface area contributed by atoms with Gasteiger partial charge in [-0.1, -0.05) is 12.1 Å². The normalized spacial score (nSPS) is 10.9. The molecule has 3 heteroatoms. The number of rotatable bonds is 1. The highest BCUT2D eigenvalue weighted by Crippen LogP contribution is 2.14. The Kier molecular flexibility index (Phi) is 1.72. The first-order valence-electron chi connectivity index (χ1n) is 4.42. The Morgan fingerprint density at radius 3 is 2.92 bits per heavy atom. The zero-order valence-electron chi connectivity index (χ0n) is 7.79. The Balaban J connectivity index is 2.96. The lowest BCUT2D eigenvalue weighted by molar-refractivity contribution is 0.752. The maximum absolute atomic E-state index is 11.4. The summed E-state index contributed by atoms with van der Waals surface area (Å²) in [7, 11) is 0. The number of hydrogen-bond donors (Lipinski definition) is 1. The molecule has 0 aliphatic carbocycles. The first-order valence-corrected chi connectivity index (χ1v) is 4.42. The van der Waals surface area contributed by atoms with E-state index in [0.29, 0.717) is 6.54 Å². The largest absolute Gasteiger partial charge is 0.326 e. The van der Waals surface area contributed by atoms with E-state index in [9.17, 15) is 4.79 Å². The van der Waals surface area contributed by atoms with Crippen molar-refractivity contribution in [2.24, 2.45) is 0 Å². The summed E-state index contributed by atoms with van der Waals surface area (Å²) in [5.41, 5.74) is 3.06. The Morgan fingerprint density at radius 1 is 1.46 bits per heavy atom. The van der Waals surface area contributed by atoms with Crippen molar-refractivity contribution in [1.29, 1.82) is 0 Å². The molecule has 68 valence electrons. The molecule has 0 fully saturated rings. The van der Waals surface area contributed by atoms with Gasteiger partial charge in [-0.05, 0) is 25.5 Å². The van der Waals surface area contributed by atoms with Crippen molar-refractivity contribution in [2.45, 2.75) is 20.4 Å². The van der Waals surface area contributed by atoms with Crippen LogP contribution in [0.3, 0.4) is 0 Å². The van der Waals surface area contributed by atoms with E-state index >= 15 is 0 Å². The van der Waals surface area contributed by atoms with Crippen LogP contribution in [-0.2, 0) is 6.54 Å². The fourth-order valence-corrected chi connectivity index (χ4v) is 1.70. The molecule has 0 saturated carbocycles. The van der Waals surface area contributed by atoms with E-state index in [1.807, 2.05) is 32.0 Å². The van der Waals surface area contributed by atoms with Gasteiger partial charge in [0.2, 0.25) is 0 Å². The number of imidazole rings is 1. The standard InChI is InChI=1S/C10H12N2O/c1-3-12-9-7(2)5-4-6-8(9)11-10(12)13/h4-6H,3H2,1-2H3,(H,11,13). The number of aromatic amines is 1.